The summed E-state index contributed by atoms with van der Waals surface area (Å²) < 4.78 is 0. The van der Waals surface area contributed by atoms with Crippen molar-refractivity contribution in [1.82, 2.24) is 4.98 Å². The maximum absolute atomic E-state index is 10.9. The van der Waals surface area contributed by atoms with Crippen LogP contribution in [0.4, 0.5) is 11.4 Å². The summed E-state index contributed by atoms with van der Waals surface area (Å²) in [7, 11) is 0. The van der Waals surface area contributed by atoms with Crippen molar-refractivity contribution in [2.24, 2.45) is 0 Å². The predicted octanol–water partition coefficient (Wildman–Crippen LogP) is 3.31. The topological polar surface area (TPSA) is 71.2 Å². The van der Waals surface area contributed by atoms with Crippen LogP contribution in [-0.4, -0.2) is 21.7 Å². The first kappa shape index (κ1) is 14.1. The maximum atomic E-state index is 10.9. The Morgan fingerprint density at radius 3 is 2.76 bits per heavy atom. The first-order valence-electron chi connectivity index (χ1n) is 7.76. The zero-order chi connectivity index (χ0) is 14.9. The van der Waals surface area contributed by atoms with E-state index >= 15 is 0 Å². The molecule has 1 fully saturated rings. The van der Waals surface area contributed by atoms with Crippen molar-refractivity contribution < 1.29 is 5.11 Å². The number of nitrogens with one attached hydrogen (secondary N) is 1. The van der Waals surface area contributed by atoms with Crippen LogP contribution in [-0.2, 0) is 0 Å². The van der Waals surface area contributed by atoms with Gasteiger partial charge in [0.25, 0.3) is 0 Å². The minimum Gasteiger partial charge on any atom is -0.396 e. The van der Waals surface area contributed by atoms with Crippen LogP contribution in [0.1, 0.15) is 39.0 Å². The number of hydrogen-bond donors (Lipinski definition) is 3. The number of anilines is 2. The molecule has 4 heteroatoms. The lowest BCUT2D eigenvalue weighted by Gasteiger charge is -2.34. The first-order valence-corrected chi connectivity index (χ1v) is 7.76. The van der Waals surface area contributed by atoms with Crippen molar-refractivity contribution >= 4 is 22.3 Å². The standard InChI is InChI=1S/C17H23N3O/c1-2-15(17(21)9-5-6-10-17)20-16-12-7-3-4-8-14(12)19-11-13(16)18/h3-4,7-8,11,15,21H,2,5-6,9-10,18H2,1H3,(H,19,20)/t15-/m0/s1. The summed E-state index contributed by atoms with van der Waals surface area (Å²) in [5.41, 5.74) is 7.95. The summed E-state index contributed by atoms with van der Waals surface area (Å²) >= 11 is 0. The van der Waals surface area contributed by atoms with Gasteiger partial charge < -0.3 is 16.2 Å². The molecule has 2 aromatic rings. The molecule has 0 bridgehead atoms. The van der Waals surface area contributed by atoms with Gasteiger partial charge in [-0.15, -0.1) is 0 Å². The number of nitrogens with two attached hydrogens (primary N) is 1. The van der Waals surface area contributed by atoms with Gasteiger partial charge in [-0.2, -0.15) is 0 Å². The molecule has 3 rings (SSSR count). The smallest absolute Gasteiger partial charge is 0.0847 e. The Labute approximate surface area is 125 Å². The lowest BCUT2D eigenvalue weighted by atomic mass is 9.90. The molecule has 1 saturated carbocycles. The third-order valence-electron chi connectivity index (χ3n) is 4.65. The van der Waals surface area contributed by atoms with Gasteiger partial charge in [0.15, 0.2) is 0 Å². The van der Waals surface area contributed by atoms with E-state index in [0.717, 1.165) is 48.7 Å². The highest BCUT2D eigenvalue weighted by Gasteiger charge is 2.38. The molecule has 21 heavy (non-hydrogen) atoms. The van der Waals surface area contributed by atoms with Crippen LogP contribution < -0.4 is 11.1 Å². The number of aromatic nitrogens is 1. The molecule has 112 valence electrons. The third kappa shape index (κ3) is 2.56. The molecular formula is C17H23N3O. The second-order valence-electron chi connectivity index (χ2n) is 6.02. The molecule has 0 saturated heterocycles. The van der Waals surface area contributed by atoms with Crippen LogP contribution in [0.2, 0.25) is 0 Å². The number of hydrogen-bond acceptors (Lipinski definition) is 4. The zero-order valence-corrected chi connectivity index (χ0v) is 12.5. The van der Waals surface area contributed by atoms with E-state index in [0.29, 0.717) is 5.69 Å². The molecule has 0 aliphatic heterocycles. The van der Waals surface area contributed by atoms with E-state index in [1.165, 1.54) is 0 Å². The Kier molecular flexibility index (Phi) is 3.72. The number of rotatable bonds is 4. The van der Waals surface area contributed by atoms with Crippen LogP contribution in [0.3, 0.4) is 0 Å². The molecule has 1 aromatic heterocycles. The molecule has 4 N–H and O–H groups in total. The van der Waals surface area contributed by atoms with Gasteiger partial charge in [-0.05, 0) is 25.3 Å². The summed E-state index contributed by atoms with van der Waals surface area (Å²) in [5, 5.41) is 15.4. The molecule has 0 amide bonds. The SMILES string of the molecule is CC[C@H](Nc1c(N)cnc2ccccc12)C1(O)CCCC1. The lowest BCUT2D eigenvalue weighted by Crippen LogP contribution is -2.44. The van der Waals surface area contributed by atoms with E-state index in [4.69, 9.17) is 5.73 Å². The molecular weight excluding hydrogens is 262 g/mol. The van der Waals surface area contributed by atoms with E-state index in [2.05, 4.69) is 17.2 Å². The number of nitrogens with zero attached hydrogens (tertiary/aromatic N) is 1. The second-order valence-corrected chi connectivity index (χ2v) is 6.02. The molecule has 1 atom stereocenters. The average molecular weight is 285 g/mol. The lowest BCUT2D eigenvalue weighted by molar-refractivity contribution is 0.0267. The van der Waals surface area contributed by atoms with Crippen LogP contribution in [0.5, 0.6) is 0 Å². The molecule has 1 heterocycles. The van der Waals surface area contributed by atoms with Crippen molar-refractivity contribution in [2.75, 3.05) is 11.1 Å². The van der Waals surface area contributed by atoms with Crippen molar-refractivity contribution in [3.8, 4) is 0 Å². The second kappa shape index (κ2) is 5.53. The van der Waals surface area contributed by atoms with Crippen molar-refractivity contribution in [3.63, 3.8) is 0 Å². The van der Waals surface area contributed by atoms with E-state index in [9.17, 15) is 5.11 Å². The number of nitrogen functional groups attached to an aromatic ring is 1. The number of pyridine rings is 1. The Morgan fingerprint density at radius 2 is 2.05 bits per heavy atom. The molecule has 1 aliphatic rings. The predicted molar refractivity (Wildman–Crippen MR) is 87.3 cm³/mol. The minimum atomic E-state index is -0.619. The van der Waals surface area contributed by atoms with Crippen LogP contribution in [0.15, 0.2) is 30.5 Å². The molecule has 1 aromatic carbocycles. The van der Waals surface area contributed by atoms with E-state index in [1.807, 2.05) is 24.3 Å². The molecule has 1 aliphatic carbocycles. The van der Waals surface area contributed by atoms with E-state index in [-0.39, 0.29) is 6.04 Å². The largest absolute Gasteiger partial charge is 0.396 e. The summed E-state index contributed by atoms with van der Waals surface area (Å²) in [5.74, 6) is 0. The summed E-state index contributed by atoms with van der Waals surface area (Å²) in [4.78, 5) is 4.36. The van der Waals surface area contributed by atoms with Gasteiger partial charge in [0.1, 0.15) is 0 Å². The molecule has 4 nitrogen and oxygen atoms in total. The number of para-hydroxylation sites is 1. The molecule has 0 unspecified atom stereocenters. The van der Waals surface area contributed by atoms with Gasteiger partial charge in [-0.25, -0.2) is 0 Å². The summed E-state index contributed by atoms with van der Waals surface area (Å²) in [6.07, 6.45) is 6.48. The maximum Gasteiger partial charge on any atom is 0.0847 e. The normalized spacial score (nSPS) is 18.8. The Hall–Kier alpha value is -1.81. The summed E-state index contributed by atoms with van der Waals surface area (Å²) in [6.45, 7) is 2.10. The first-order chi connectivity index (χ1) is 10.1. The highest BCUT2D eigenvalue weighted by atomic mass is 16.3. The average Bonchev–Trinajstić information content (AvgIpc) is 2.94. The number of aliphatic hydroxyl groups is 1. The van der Waals surface area contributed by atoms with Crippen molar-refractivity contribution in [2.45, 2.75) is 50.7 Å². The highest BCUT2D eigenvalue weighted by molar-refractivity contribution is 5.97. The van der Waals surface area contributed by atoms with Crippen molar-refractivity contribution in [3.05, 3.63) is 30.5 Å². The van der Waals surface area contributed by atoms with Gasteiger partial charge in [-0.3, -0.25) is 4.98 Å². The fourth-order valence-corrected chi connectivity index (χ4v) is 3.44. The number of benzene rings is 1. The minimum absolute atomic E-state index is 0.0214. The Bertz CT molecular complexity index is 635. The molecule has 0 radical (unpaired) electrons. The van der Waals surface area contributed by atoms with Gasteiger partial charge in [-0.1, -0.05) is 38.0 Å². The Morgan fingerprint density at radius 1 is 1.33 bits per heavy atom. The zero-order valence-electron chi connectivity index (χ0n) is 12.5. The van der Waals surface area contributed by atoms with Gasteiger partial charge >= 0.3 is 0 Å². The van der Waals surface area contributed by atoms with Crippen LogP contribution in [0.25, 0.3) is 10.9 Å². The summed E-state index contributed by atoms with van der Waals surface area (Å²) in [6, 6.07) is 7.97. The van der Waals surface area contributed by atoms with Gasteiger partial charge in [0.05, 0.1) is 34.7 Å². The Balaban J connectivity index is 1.98. The quantitative estimate of drug-likeness (QED) is 0.806. The molecule has 0 spiro atoms. The van der Waals surface area contributed by atoms with E-state index < -0.39 is 5.60 Å². The van der Waals surface area contributed by atoms with Gasteiger partial charge in [0.2, 0.25) is 0 Å². The van der Waals surface area contributed by atoms with Gasteiger partial charge in [0, 0.05) is 5.39 Å². The van der Waals surface area contributed by atoms with Crippen molar-refractivity contribution in [1.29, 1.82) is 0 Å². The monoisotopic (exact) mass is 285 g/mol. The third-order valence-corrected chi connectivity index (χ3v) is 4.65. The van der Waals surface area contributed by atoms with Crippen LogP contribution >= 0.6 is 0 Å². The highest BCUT2D eigenvalue weighted by Crippen LogP contribution is 2.37. The van der Waals surface area contributed by atoms with Crippen LogP contribution in [0, 0.1) is 0 Å². The van der Waals surface area contributed by atoms with E-state index in [1.54, 1.807) is 6.20 Å². The number of fused-ring (bicyclic) bond motifs is 1. The fraction of sp³-hybridized carbons (Fsp3) is 0.471. The fourth-order valence-electron chi connectivity index (χ4n) is 3.44.